The first-order valence-electron chi connectivity index (χ1n) is 17.3. The van der Waals surface area contributed by atoms with Crippen LogP contribution >= 0.6 is 0 Å². The molecule has 1 unspecified atom stereocenters. The lowest BCUT2D eigenvalue weighted by Gasteiger charge is -2.36. The number of aromatic nitrogens is 7. The number of anilines is 2. The first-order valence-corrected chi connectivity index (χ1v) is 17.3. The fraction of sp³-hybridized carbons (Fsp3) is 0.441. The van der Waals surface area contributed by atoms with Gasteiger partial charge >= 0.3 is 5.69 Å². The van der Waals surface area contributed by atoms with E-state index in [2.05, 4.69) is 25.8 Å². The Morgan fingerprint density at radius 1 is 1.19 bits per heavy atom. The molecule has 0 aliphatic carbocycles. The maximum atomic E-state index is 14.2. The van der Waals surface area contributed by atoms with Crippen LogP contribution < -0.4 is 27.0 Å². The highest BCUT2D eigenvalue weighted by atomic mass is 19.3. The number of halogens is 4. The maximum Gasteiger partial charge on any atom is 0.329 e. The molecule has 2 aliphatic heterocycles. The number of alkyl halides is 4. The number of nitrogens with one attached hydrogen (secondary N) is 2. The monoisotopic (exact) mass is 755 g/mol. The van der Waals surface area contributed by atoms with E-state index < -0.39 is 54.9 Å². The van der Waals surface area contributed by atoms with Gasteiger partial charge in [0.2, 0.25) is 11.8 Å². The Bertz CT molecular complexity index is 2300. The minimum Gasteiger partial charge on any atom is -0.380 e. The maximum absolute atomic E-state index is 14.2. The van der Waals surface area contributed by atoms with Crippen molar-refractivity contribution in [2.75, 3.05) is 36.5 Å². The summed E-state index contributed by atoms with van der Waals surface area (Å²) in [5, 5.41) is 12.8. The van der Waals surface area contributed by atoms with Gasteiger partial charge in [0.25, 0.3) is 18.3 Å². The van der Waals surface area contributed by atoms with Crippen molar-refractivity contribution in [1.82, 2.24) is 38.8 Å². The number of para-hydroxylation sites is 1. The van der Waals surface area contributed by atoms with E-state index >= 15 is 0 Å². The Kier molecular flexibility index (Phi) is 9.96. The molecular formula is C34H37F4N11O5. The summed E-state index contributed by atoms with van der Waals surface area (Å²) in [7, 11) is 1.63. The van der Waals surface area contributed by atoms with E-state index in [1.165, 1.54) is 47.9 Å². The highest BCUT2D eigenvalue weighted by Crippen LogP contribution is 2.30. The second-order valence-electron chi connectivity index (χ2n) is 13.4. The lowest BCUT2D eigenvalue weighted by atomic mass is 10.0. The lowest BCUT2D eigenvalue weighted by Crippen LogP contribution is -2.52. The van der Waals surface area contributed by atoms with Crippen molar-refractivity contribution in [2.45, 2.75) is 63.1 Å². The summed E-state index contributed by atoms with van der Waals surface area (Å²) >= 11 is 0. The summed E-state index contributed by atoms with van der Waals surface area (Å²) < 4.78 is 67.5. The van der Waals surface area contributed by atoms with Gasteiger partial charge in [-0.15, -0.1) is 0 Å². The molecule has 16 nitrogen and oxygen atoms in total. The zero-order valence-corrected chi connectivity index (χ0v) is 29.1. The third-order valence-corrected chi connectivity index (χ3v) is 9.51. The number of carbonyl (C=O) groups is 3. The molecule has 286 valence electrons. The quantitative estimate of drug-likeness (QED) is 0.0971. The third kappa shape index (κ3) is 7.30. The van der Waals surface area contributed by atoms with E-state index in [1.54, 1.807) is 19.2 Å². The normalized spacial score (nSPS) is 18.9. The van der Waals surface area contributed by atoms with Gasteiger partial charge in [-0.2, -0.15) is 10.2 Å². The van der Waals surface area contributed by atoms with Crippen LogP contribution in [-0.2, 0) is 34.3 Å². The summed E-state index contributed by atoms with van der Waals surface area (Å²) in [6.45, 7) is 0.0545. The van der Waals surface area contributed by atoms with Gasteiger partial charge < -0.3 is 20.7 Å². The Hall–Kier alpha value is -5.63. The molecule has 7 rings (SSSR count). The second-order valence-corrected chi connectivity index (χ2v) is 13.4. The number of amides is 3. The number of piperidine rings is 2. The number of ether oxygens (including phenoxy) is 1. The van der Waals surface area contributed by atoms with Crippen LogP contribution in [-0.4, -0.2) is 89.5 Å². The van der Waals surface area contributed by atoms with Gasteiger partial charge in [-0.3, -0.25) is 33.5 Å². The van der Waals surface area contributed by atoms with Crippen molar-refractivity contribution in [3.05, 3.63) is 70.2 Å². The van der Waals surface area contributed by atoms with Crippen molar-refractivity contribution in [3.63, 3.8) is 0 Å². The summed E-state index contributed by atoms with van der Waals surface area (Å²) in [6.07, 6.45) is 1.92. The molecule has 5 aromatic rings. The van der Waals surface area contributed by atoms with Gasteiger partial charge in [0.15, 0.2) is 11.3 Å². The number of nitrogens with two attached hydrogens (primary N) is 1. The first-order chi connectivity index (χ1) is 25.8. The fourth-order valence-electron chi connectivity index (χ4n) is 7.08. The number of fused-ring (bicyclic) bond motifs is 2. The minimum atomic E-state index is -3.02. The zero-order chi connectivity index (χ0) is 38.3. The zero-order valence-electron chi connectivity index (χ0n) is 29.1. The summed E-state index contributed by atoms with van der Waals surface area (Å²) in [5.74, 6) is -4.53. The molecule has 54 heavy (non-hydrogen) atoms. The molecule has 6 heterocycles. The van der Waals surface area contributed by atoms with Crippen LogP contribution in [0.1, 0.15) is 59.8 Å². The molecule has 2 atom stereocenters. The van der Waals surface area contributed by atoms with Gasteiger partial charge in [-0.1, -0.05) is 12.1 Å². The number of hydrogen-bond acceptors (Lipinski definition) is 10. The molecule has 0 spiro atoms. The van der Waals surface area contributed by atoms with Crippen molar-refractivity contribution in [3.8, 4) is 0 Å². The number of benzene rings is 1. The third-order valence-electron chi connectivity index (χ3n) is 9.51. The minimum absolute atomic E-state index is 0.0391. The summed E-state index contributed by atoms with van der Waals surface area (Å²) in [5.41, 5.74) is 6.69. The van der Waals surface area contributed by atoms with Gasteiger partial charge in [0.1, 0.15) is 17.4 Å². The SMILES string of the molecule is Cn1c(=O)n(C2CCC(=O)NC2=O)c2cccc(CCCOCCn3cc(NC(=O)c4cnn5ccc(N6C[C@H](N)CC(F)(F)C6)nc45)c(C(F)F)n3)c21. The molecule has 20 heteroatoms. The molecule has 0 bridgehead atoms. The van der Waals surface area contributed by atoms with Crippen LogP contribution in [0.3, 0.4) is 0 Å². The molecule has 4 aromatic heterocycles. The van der Waals surface area contributed by atoms with E-state index in [1.807, 2.05) is 6.07 Å². The summed E-state index contributed by atoms with van der Waals surface area (Å²) in [4.78, 5) is 56.3. The van der Waals surface area contributed by atoms with Crippen LogP contribution in [0, 0.1) is 0 Å². The second kappa shape index (κ2) is 14.7. The van der Waals surface area contributed by atoms with Crippen LogP contribution in [0.15, 0.2) is 47.7 Å². The predicted molar refractivity (Wildman–Crippen MR) is 186 cm³/mol. The van der Waals surface area contributed by atoms with Crippen LogP contribution in [0.25, 0.3) is 16.7 Å². The van der Waals surface area contributed by atoms with Crippen LogP contribution in [0.5, 0.6) is 0 Å². The van der Waals surface area contributed by atoms with Crippen molar-refractivity contribution >= 4 is 45.9 Å². The highest BCUT2D eigenvalue weighted by Gasteiger charge is 2.40. The first kappa shape index (κ1) is 36.7. The molecule has 0 saturated carbocycles. The number of nitrogens with zero attached hydrogens (tertiary/aromatic N) is 8. The number of aryl methyl sites for hydroxylation is 2. The Morgan fingerprint density at radius 2 is 2.00 bits per heavy atom. The highest BCUT2D eigenvalue weighted by molar-refractivity contribution is 6.08. The number of rotatable bonds is 12. The van der Waals surface area contributed by atoms with E-state index in [0.717, 1.165) is 5.56 Å². The van der Waals surface area contributed by atoms with E-state index in [9.17, 15) is 36.7 Å². The van der Waals surface area contributed by atoms with Crippen LogP contribution in [0.4, 0.5) is 29.1 Å². The van der Waals surface area contributed by atoms with E-state index in [0.29, 0.717) is 30.5 Å². The molecule has 4 N–H and O–H groups in total. The number of imide groups is 1. The molecule has 2 saturated heterocycles. The number of hydrogen-bond donors (Lipinski definition) is 3. The number of imidazole rings is 1. The molecule has 0 radical (unpaired) electrons. The van der Waals surface area contributed by atoms with Gasteiger partial charge in [0, 0.05) is 51.5 Å². The van der Waals surface area contributed by atoms with Crippen molar-refractivity contribution in [2.24, 2.45) is 12.8 Å². The van der Waals surface area contributed by atoms with Crippen LogP contribution in [0.2, 0.25) is 0 Å². The average molecular weight is 756 g/mol. The molecular weight excluding hydrogens is 718 g/mol. The Labute approximate surface area is 303 Å². The van der Waals surface area contributed by atoms with Crippen molar-refractivity contribution < 1.29 is 36.7 Å². The molecule has 3 amide bonds. The summed E-state index contributed by atoms with van der Waals surface area (Å²) in [6, 6.07) is 5.35. The molecule has 2 fully saturated rings. The lowest BCUT2D eigenvalue weighted by molar-refractivity contribution is -0.135. The van der Waals surface area contributed by atoms with Gasteiger partial charge in [0.05, 0.1) is 42.6 Å². The Morgan fingerprint density at radius 3 is 2.76 bits per heavy atom. The largest absolute Gasteiger partial charge is 0.380 e. The fourth-order valence-corrected chi connectivity index (χ4v) is 7.08. The topological polar surface area (TPSA) is 189 Å². The Balaban J connectivity index is 0.962. The molecule has 1 aromatic carbocycles. The smallest absolute Gasteiger partial charge is 0.329 e. The number of carbonyl (C=O) groups excluding carboxylic acids is 3. The standard InChI is InChI=1S/C34H37F4N11O5/c1-45-28-19(4-2-6-23(28)49(33(45)53)24-7-8-26(50)43-32(24)52)5-3-12-54-13-11-47-17-22(27(44-47)29(35)36)41-31(51)21-15-40-48-10-9-25(42-30(21)48)46-16-20(39)14-34(37,38)18-46/h2,4,6,9-10,15,17,20,24,29H,3,5,7-8,11-14,16,18,39H2,1H3,(H,41,51)(H,43,50,52)/t20-,24?/m1/s1. The average Bonchev–Trinajstić information content (AvgIpc) is 3.79. The van der Waals surface area contributed by atoms with E-state index in [4.69, 9.17) is 10.5 Å². The predicted octanol–water partition coefficient (Wildman–Crippen LogP) is 2.57. The molecule has 2 aliphatic rings. The van der Waals surface area contributed by atoms with Crippen molar-refractivity contribution in [1.29, 1.82) is 0 Å². The van der Waals surface area contributed by atoms with Gasteiger partial charge in [-0.05, 0) is 37.0 Å². The van der Waals surface area contributed by atoms with E-state index in [-0.39, 0.29) is 66.9 Å². The van der Waals surface area contributed by atoms with Gasteiger partial charge in [-0.25, -0.2) is 31.9 Å².